The van der Waals surface area contributed by atoms with E-state index >= 15 is 0 Å². The molecule has 0 bridgehead atoms. The minimum Gasteiger partial charge on any atom is -0.370 e. The van der Waals surface area contributed by atoms with Crippen LogP contribution >= 0.6 is 0 Å². The topological polar surface area (TPSA) is 53.9 Å². The van der Waals surface area contributed by atoms with Crippen LogP contribution in [0.1, 0.15) is 23.4 Å². The summed E-state index contributed by atoms with van der Waals surface area (Å²) in [7, 11) is 0. The number of pyridine rings is 1. The molecular weight excluding hydrogens is 274 g/mol. The predicted molar refractivity (Wildman–Crippen MR) is 87.6 cm³/mol. The van der Waals surface area contributed by atoms with Gasteiger partial charge in [0, 0.05) is 38.2 Å². The number of aryl methyl sites for hydroxylation is 2. The summed E-state index contributed by atoms with van der Waals surface area (Å²) in [6.07, 6.45) is 6.80. The fourth-order valence-electron chi connectivity index (χ4n) is 2.83. The third kappa shape index (κ3) is 4.01. The molecule has 0 aliphatic carbocycles. The van der Waals surface area contributed by atoms with Crippen molar-refractivity contribution < 1.29 is 0 Å². The molecule has 2 aromatic heterocycles. The van der Waals surface area contributed by atoms with Gasteiger partial charge in [-0.3, -0.25) is 14.9 Å². The fraction of sp³-hybridized carbons (Fsp3) is 0.471. The van der Waals surface area contributed by atoms with Crippen LogP contribution in [0.4, 0.5) is 5.82 Å². The maximum absolute atomic E-state index is 4.44. The molecule has 3 heterocycles. The van der Waals surface area contributed by atoms with E-state index in [1.54, 1.807) is 0 Å². The molecule has 3 rings (SSSR count). The molecule has 0 saturated carbocycles. The molecule has 1 aliphatic rings. The summed E-state index contributed by atoms with van der Waals surface area (Å²) in [5, 5.41) is 3.45. The molecule has 1 aliphatic heterocycles. The first kappa shape index (κ1) is 14.9. The first-order valence-corrected chi connectivity index (χ1v) is 7.85. The van der Waals surface area contributed by atoms with Crippen molar-refractivity contribution in [3.8, 4) is 0 Å². The molecule has 1 saturated heterocycles. The van der Waals surface area contributed by atoms with Crippen molar-refractivity contribution in [2.24, 2.45) is 5.92 Å². The molecule has 1 fully saturated rings. The molecule has 5 heteroatoms. The first-order valence-electron chi connectivity index (χ1n) is 7.85. The fourth-order valence-corrected chi connectivity index (χ4v) is 2.83. The van der Waals surface area contributed by atoms with Gasteiger partial charge in [0.15, 0.2) is 0 Å². The Labute approximate surface area is 131 Å². The van der Waals surface area contributed by atoms with Gasteiger partial charge < -0.3 is 5.32 Å². The zero-order valence-corrected chi connectivity index (χ0v) is 13.3. The van der Waals surface area contributed by atoms with E-state index in [9.17, 15) is 0 Å². The van der Waals surface area contributed by atoms with Gasteiger partial charge in [-0.05, 0) is 50.4 Å². The Bertz CT molecular complexity index is 611. The third-order valence-electron chi connectivity index (χ3n) is 4.08. The van der Waals surface area contributed by atoms with Gasteiger partial charge in [0.25, 0.3) is 0 Å². The van der Waals surface area contributed by atoms with Crippen molar-refractivity contribution in [1.82, 2.24) is 19.9 Å². The SMILES string of the molecule is Cc1ccnc(NCC2CCN(Cc3cnc(C)cn3)C2)c1. The van der Waals surface area contributed by atoms with Crippen LogP contribution < -0.4 is 5.32 Å². The van der Waals surface area contributed by atoms with Crippen LogP contribution in [0.25, 0.3) is 0 Å². The first-order chi connectivity index (χ1) is 10.7. The number of hydrogen-bond donors (Lipinski definition) is 1. The number of rotatable bonds is 5. The Balaban J connectivity index is 1.47. The van der Waals surface area contributed by atoms with Gasteiger partial charge >= 0.3 is 0 Å². The lowest BCUT2D eigenvalue weighted by Gasteiger charge is -2.16. The summed E-state index contributed by atoms with van der Waals surface area (Å²) in [6, 6.07) is 4.11. The van der Waals surface area contributed by atoms with E-state index in [-0.39, 0.29) is 0 Å². The maximum Gasteiger partial charge on any atom is 0.126 e. The van der Waals surface area contributed by atoms with Gasteiger partial charge in [-0.2, -0.15) is 0 Å². The Hall–Kier alpha value is -2.01. The summed E-state index contributed by atoms with van der Waals surface area (Å²) in [5.74, 6) is 1.64. The number of anilines is 1. The number of nitrogens with zero attached hydrogens (tertiary/aromatic N) is 4. The number of nitrogens with one attached hydrogen (secondary N) is 1. The molecule has 2 aromatic rings. The van der Waals surface area contributed by atoms with Crippen LogP contribution in [-0.2, 0) is 6.54 Å². The molecule has 0 aromatic carbocycles. The van der Waals surface area contributed by atoms with Crippen molar-refractivity contribution in [3.05, 3.63) is 47.7 Å². The highest BCUT2D eigenvalue weighted by Crippen LogP contribution is 2.18. The third-order valence-corrected chi connectivity index (χ3v) is 4.08. The average Bonchev–Trinajstić information content (AvgIpc) is 2.95. The molecule has 116 valence electrons. The standard InChI is InChI=1S/C17H23N5/c1-13-3-5-18-17(7-13)21-9-15-4-6-22(11-15)12-16-10-19-14(2)8-20-16/h3,5,7-8,10,15H,4,6,9,11-12H2,1-2H3,(H,18,21). The van der Waals surface area contributed by atoms with E-state index in [0.29, 0.717) is 5.92 Å². The zero-order chi connectivity index (χ0) is 15.4. The van der Waals surface area contributed by atoms with E-state index in [1.807, 2.05) is 31.6 Å². The lowest BCUT2D eigenvalue weighted by Crippen LogP contribution is -2.23. The van der Waals surface area contributed by atoms with Gasteiger partial charge in [-0.25, -0.2) is 4.98 Å². The predicted octanol–water partition coefficient (Wildman–Crippen LogP) is 2.42. The highest BCUT2D eigenvalue weighted by Gasteiger charge is 2.22. The second-order valence-corrected chi connectivity index (χ2v) is 6.14. The average molecular weight is 297 g/mol. The lowest BCUT2D eigenvalue weighted by molar-refractivity contribution is 0.314. The minimum atomic E-state index is 0.667. The van der Waals surface area contributed by atoms with Crippen LogP contribution in [-0.4, -0.2) is 39.5 Å². The van der Waals surface area contributed by atoms with Gasteiger partial charge in [-0.15, -0.1) is 0 Å². The molecule has 0 amide bonds. The van der Waals surface area contributed by atoms with Crippen LogP contribution in [0.15, 0.2) is 30.7 Å². The quantitative estimate of drug-likeness (QED) is 0.918. The Morgan fingerprint density at radius 3 is 2.91 bits per heavy atom. The van der Waals surface area contributed by atoms with Crippen LogP contribution in [0, 0.1) is 19.8 Å². The normalized spacial score (nSPS) is 18.5. The van der Waals surface area contributed by atoms with Crippen LogP contribution in [0.2, 0.25) is 0 Å². The summed E-state index contributed by atoms with van der Waals surface area (Å²) >= 11 is 0. The van der Waals surface area contributed by atoms with Crippen molar-refractivity contribution >= 4 is 5.82 Å². The van der Waals surface area contributed by atoms with Crippen molar-refractivity contribution in [1.29, 1.82) is 0 Å². The van der Waals surface area contributed by atoms with E-state index in [1.165, 1.54) is 12.0 Å². The zero-order valence-electron chi connectivity index (χ0n) is 13.3. The van der Waals surface area contributed by atoms with Crippen molar-refractivity contribution in [2.45, 2.75) is 26.8 Å². The van der Waals surface area contributed by atoms with E-state index in [2.05, 4.69) is 38.2 Å². The van der Waals surface area contributed by atoms with Crippen LogP contribution in [0.3, 0.4) is 0 Å². The molecule has 1 N–H and O–H groups in total. The molecule has 5 nitrogen and oxygen atoms in total. The second-order valence-electron chi connectivity index (χ2n) is 6.14. The Morgan fingerprint density at radius 1 is 1.23 bits per heavy atom. The van der Waals surface area contributed by atoms with Crippen molar-refractivity contribution in [3.63, 3.8) is 0 Å². The number of likely N-dealkylation sites (tertiary alicyclic amines) is 1. The lowest BCUT2D eigenvalue weighted by atomic mass is 10.1. The number of hydrogen-bond acceptors (Lipinski definition) is 5. The summed E-state index contributed by atoms with van der Waals surface area (Å²) in [4.78, 5) is 15.6. The van der Waals surface area contributed by atoms with E-state index in [4.69, 9.17) is 0 Å². The second kappa shape index (κ2) is 6.83. The van der Waals surface area contributed by atoms with E-state index in [0.717, 1.165) is 43.4 Å². The van der Waals surface area contributed by atoms with Gasteiger partial charge in [0.1, 0.15) is 5.82 Å². The molecule has 0 radical (unpaired) electrons. The molecular formula is C17H23N5. The van der Waals surface area contributed by atoms with Gasteiger partial charge in [0.05, 0.1) is 11.4 Å². The van der Waals surface area contributed by atoms with Crippen LogP contribution in [0.5, 0.6) is 0 Å². The van der Waals surface area contributed by atoms with E-state index < -0.39 is 0 Å². The maximum atomic E-state index is 4.44. The summed E-state index contributed by atoms with van der Waals surface area (Å²) in [5.41, 5.74) is 3.26. The highest BCUT2D eigenvalue weighted by atomic mass is 15.2. The Morgan fingerprint density at radius 2 is 2.14 bits per heavy atom. The summed E-state index contributed by atoms with van der Waals surface area (Å²) in [6.45, 7) is 8.16. The Kier molecular flexibility index (Phi) is 4.63. The molecule has 0 spiro atoms. The molecule has 1 unspecified atom stereocenters. The highest BCUT2D eigenvalue weighted by molar-refractivity contribution is 5.36. The smallest absolute Gasteiger partial charge is 0.126 e. The largest absolute Gasteiger partial charge is 0.370 e. The van der Waals surface area contributed by atoms with Gasteiger partial charge in [0.2, 0.25) is 0 Å². The summed E-state index contributed by atoms with van der Waals surface area (Å²) < 4.78 is 0. The minimum absolute atomic E-state index is 0.667. The monoisotopic (exact) mass is 297 g/mol. The number of aromatic nitrogens is 3. The molecule has 1 atom stereocenters. The molecule has 22 heavy (non-hydrogen) atoms. The van der Waals surface area contributed by atoms with Gasteiger partial charge in [-0.1, -0.05) is 0 Å². The van der Waals surface area contributed by atoms with Crippen molar-refractivity contribution in [2.75, 3.05) is 25.0 Å².